The molecule has 0 saturated heterocycles. The number of aliphatic hydroxyl groups is 1. The van der Waals surface area contributed by atoms with Crippen molar-refractivity contribution < 1.29 is 23.8 Å². The third-order valence-electron chi connectivity index (χ3n) is 5.57. The Morgan fingerprint density at radius 3 is 2.34 bits per heavy atom. The maximum Gasteiger partial charge on any atom is 0.294 e. The van der Waals surface area contributed by atoms with Crippen LogP contribution in [0.15, 0.2) is 101 Å². The van der Waals surface area contributed by atoms with Gasteiger partial charge in [0.05, 0.1) is 18.7 Å². The van der Waals surface area contributed by atoms with E-state index in [9.17, 15) is 14.7 Å². The molecular weight excluding hydrogens is 406 g/mol. The summed E-state index contributed by atoms with van der Waals surface area (Å²) in [5.74, 6) is -1.06. The highest BCUT2D eigenvalue weighted by atomic mass is 16.5. The molecule has 1 aromatic heterocycles. The van der Waals surface area contributed by atoms with Crippen molar-refractivity contribution in [1.29, 1.82) is 0 Å². The molecule has 1 unspecified atom stereocenters. The van der Waals surface area contributed by atoms with Gasteiger partial charge in [-0.3, -0.25) is 14.5 Å². The van der Waals surface area contributed by atoms with E-state index < -0.39 is 23.5 Å². The Labute approximate surface area is 184 Å². The van der Waals surface area contributed by atoms with Gasteiger partial charge in [0.2, 0.25) is 5.78 Å². The Bertz CT molecular complexity index is 1320. The molecule has 1 atom stereocenters. The second-order valence-corrected chi connectivity index (χ2v) is 7.43. The second-order valence-electron chi connectivity index (χ2n) is 7.43. The number of amides is 1. The summed E-state index contributed by atoms with van der Waals surface area (Å²) < 4.78 is 10.9. The minimum Gasteiger partial charge on any atom is -0.503 e. The Morgan fingerprint density at radius 2 is 1.66 bits per heavy atom. The number of rotatable bonds is 5. The van der Waals surface area contributed by atoms with Gasteiger partial charge in [-0.05, 0) is 42.0 Å². The average Bonchev–Trinajstić information content (AvgIpc) is 3.38. The third kappa shape index (κ3) is 3.13. The molecule has 6 nitrogen and oxygen atoms in total. The fourth-order valence-corrected chi connectivity index (χ4v) is 4.02. The second kappa shape index (κ2) is 7.74. The van der Waals surface area contributed by atoms with Crippen LogP contribution in [0.1, 0.15) is 22.2 Å². The largest absolute Gasteiger partial charge is 0.503 e. The molecule has 0 radical (unpaired) electrons. The highest BCUT2D eigenvalue weighted by molar-refractivity contribution is 6.20. The number of Topliss-reactive ketones (excluding diaryl/α,β-unsaturated/α-hetero) is 1. The normalized spacial score (nSPS) is 16.1. The Kier molecular flexibility index (Phi) is 4.75. The van der Waals surface area contributed by atoms with Crippen LogP contribution < -0.4 is 9.64 Å². The fraction of sp³-hybridized carbons (Fsp3) is 0.0769. The van der Waals surface area contributed by atoms with Gasteiger partial charge in [-0.15, -0.1) is 0 Å². The molecule has 1 N–H and O–H groups in total. The minimum absolute atomic E-state index is 0.0175. The lowest BCUT2D eigenvalue weighted by atomic mass is 9.95. The van der Waals surface area contributed by atoms with E-state index in [0.29, 0.717) is 22.6 Å². The lowest BCUT2D eigenvalue weighted by Crippen LogP contribution is -2.31. The van der Waals surface area contributed by atoms with Gasteiger partial charge in [0.25, 0.3) is 5.91 Å². The number of furan rings is 1. The summed E-state index contributed by atoms with van der Waals surface area (Å²) in [6.07, 6.45) is 0. The van der Waals surface area contributed by atoms with E-state index in [0.717, 1.165) is 5.39 Å². The van der Waals surface area contributed by atoms with Crippen molar-refractivity contribution in [2.24, 2.45) is 0 Å². The molecule has 1 aliphatic rings. The topological polar surface area (TPSA) is 80.0 Å². The summed E-state index contributed by atoms with van der Waals surface area (Å²) in [5, 5.41) is 11.6. The van der Waals surface area contributed by atoms with Crippen molar-refractivity contribution in [3.8, 4) is 5.75 Å². The molecule has 32 heavy (non-hydrogen) atoms. The van der Waals surface area contributed by atoms with Gasteiger partial charge in [0.15, 0.2) is 11.5 Å². The number of carbonyl (C=O) groups is 2. The van der Waals surface area contributed by atoms with Gasteiger partial charge < -0.3 is 14.3 Å². The third-order valence-corrected chi connectivity index (χ3v) is 5.57. The van der Waals surface area contributed by atoms with E-state index in [1.807, 2.05) is 48.5 Å². The number of hydrogen-bond acceptors (Lipinski definition) is 5. The van der Waals surface area contributed by atoms with Crippen molar-refractivity contribution in [2.75, 3.05) is 12.0 Å². The molecule has 0 saturated carbocycles. The predicted octanol–water partition coefficient (Wildman–Crippen LogP) is 5.22. The molecule has 6 heteroatoms. The number of fused-ring (bicyclic) bond motifs is 1. The van der Waals surface area contributed by atoms with Crippen LogP contribution in [0.25, 0.3) is 11.0 Å². The highest BCUT2D eigenvalue weighted by Gasteiger charge is 2.45. The van der Waals surface area contributed by atoms with Crippen molar-refractivity contribution in [3.63, 3.8) is 0 Å². The van der Waals surface area contributed by atoms with Crippen LogP contribution in [0, 0.1) is 0 Å². The van der Waals surface area contributed by atoms with Gasteiger partial charge in [0.1, 0.15) is 11.3 Å². The Balaban J connectivity index is 1.64. The zero-order valence-electron chi connectivity index (χ0n) is 17.2. The van der Waals surface area contributed by atoms with E-state index in [2.05, 4.69) is 0 Å². The Morgan fingerprint density at radius 1 is 0.969 bits per heavy atom. The first-order chi connectivity index (χ1) is 15.6. The number of ketones is 1. The number of anilines is 1. The highest BCUT2D eigenvalue weighted by Crippen LogP contribution is 2.42. The number of ether oxygens (including phenoxy) is 1. The SMILES string of the molecule is COc1ccc(N2C(=O)C(O)=C(C(=O)c3cc4ccccc4o3)C2c2ccccc2)cc1. The molecule has 4 aromatic rings. The molecule has 1 aliphatic heterocycles. The number of hydrogen-bond donors (Lipinski definition) is 1. The smallest absolute Gasteiger partial charge is 0.294 e. The zero-order valence-corrected chi connectivity index (χ0v) is 17.2. The summed E-state index contributed by atoms with van der Waals surface area (Å²) in [4.78, 5) is 28.1. The maximum atomic E-state index is 13.5. The van der Waals surface area contributed by atoms with Gasteiger partial charge in [-0.2, -0.15) is 0 Å². The van der Waals surface area contributed by atoms with E-state index >= 15 is 0 Å². The lowest BCUT2D eigenvalue weighted by molar-refractivity contribution is -0.117. The number of aliphatic hydroxyl groups excluding tert-OH is 1. The molecule has 0 aliphatic carbocycles. The van der Waals surface area contributed by atoms with Crippen LogP contribution in [0.5, 0.6) is 5.75 Å². The van der Waals surface area contributed by atoms with E-state index in [1.165, 1.54) is 4.90 Å². The molecule has 158 valence electrons. The molecule has 3 aromatic carbocycles. The van der Waals surface area contributed by atoms with E-state index in [4.69, 9.17) is 9.15 Å². The number of methoxy groups -OCH3 is 1. The lowest BCUT2D eigenvalue weighted by Gasteiger charge is -2.26. The fourth-order valence-electron chi connectivity index (χ4n) is 4.02. The first kappa shape index (κ1) is 19.6. The van der Waals surface area contributed by atoms with Gasteiger partial charge in [-0.1, -0.05) is 48.5 Å². The number of para-hydroxylation sites is 1. The summed E-state index contributed by atoms with van der Waals surface area (Å²) in [5.41, 5.74) is 1.77. The first-order valence-electron chi connectivity index (χ1n) is 10.1. The van der Waals surface area contributed by atoms with Crippen LogP contribution in [-0.4, -0.2) is 23.9 Å². The standard InChI is InChI=1S/C26H19NO5/c1-31-19-13-11-18(12-14-19)27-23(16-7-3-2-4-8-16)22(25(29)26(27)30)24(28)21-15-17-9-5-6-10-20(17)32-21/h2-15,23,29H,1H3. The average molecular weight is 425 g/mol. The first-order valence-corrected chi connectivity index (χ1v) is 10.1. The van der Waals surface area contributed by atoms with Gasteiger partial charge in [0, 0.05) is 11.1 Å². The van der Waals surface area contributed by atoms with Crippen LogP contribution in [0.4, 0.5) is 5.69 Å². The van der Waals surface area contributed by atoms with Gasteiger partial charge in [-0.25, -0.2) is 0 Å². The molecular formula is C26H19NO5. The maximum absolute atomic E-state index is 13.5. The van der Waals surface area contributed by atoms with Crippen LogP contribution >= 0.6 is 0 Å². The van der Waals surface area contributed by atoms with Gasteiger partial charge >= 0.3 is 0 Å². The van der Waals surface area contributed by atoms with E-state index in [-0.39, 0.29) is 11.3 Å². The quantitative estimate of drug-likeness (QED) is 0.443. The van der Waals surface area contributed by atoms with Crippen molar-refractivity contribution in [3.05, 3.63) is 108 Å². The van der Waals surface area contributed by atoms with Crippen LogP contribution in [0.3, 0.4) is 0 Å². The number of nitrogens with zero attached hydrogens (tertiary/aromatic N) is 1. The summed E-state index contributed by atoms with van der Waals surface area (Å²) in [7, 11) is 1.56. The number of carbonyl (C=O) groups excluding carboxylic acids is 2. The van der Waals surface area contributed by atoms with Crippen LogP contribution in [0.2, 0.25) is 0 Å². The van der Waals surface area contributed by atoms with Crippen molar-refractivity contribution >= 4 is 28.3 Å². The summed E-state index contributed by atoms with van der Waals surface area (Å²) in [6.45, 7) is 0. The zero-order chi connectivity index (χ0) is 22.2. The molecule has 0 spiro atoms. The summed E-state index contributed by atoms with van der Waals surface area (Å²) in [6, 6.07) is 24.1. The predicted molar refractivity (Wildman–Crippen MR) is 120 cm³/mol. The molecule has 5 rings (SSSR count). The summed E-state index contributed by atoms with van der Waals surface area (Å²) >= 11 is 0. The monoisotopic (exact) mass is 425 g/mol. The minimum atomic E-state index is -0.808. The molecule has 0 bridgehead atoms. The number of benzene rings is 3. The van der Waals surface area contributed by atoms with Crippen molar-refractivity contribution in [2.45, 2.75) is 6.04 Å². The van der Waals surface area contributed by atoms with E-state index in [1.54, 1.807) is 43.5 Å². The van der Waals surface area contributed by atoms with Crippen LogP contribution in [-0.2, 0) is 4.79 Å². The molecule has 2 heterocycles. The molecule has 1 amide bonds. The van der Waals surface area contributed by atoms with Crippen molar-refractivity contribution in [1.82, 2.24) is 0 Å². The Hall–Kier alpha value is -4.32. The molecule has 0 fully saturated rings.